The largest absolute Gasteiger partial charge is 0.348 e. The predicted molar refractivity (Wildman–Crippen MR) is 91.6 cm³/mol. The lowest BCUT2D eigenvalue weighted by Gasteiger charge is -2.35. The SMILES string of the molecule is CCC1CCCCN1c1nccc(C(=O)NC2CCCCC2)n1. The van der Waals surface area contributed by atoms with E-state index in [4.69, 9.17) is 0 Å². The lowest BCUT2D eigenvalue weighted by molar-refractivity contribution is 0.0922. The highest BCUT2D eigenvalue weighted by atomic mass is 16.1. The number of nitrogens with one attached hydrogen (secondary N) is 1. The Morgan fingerprint density at radius 1 is 1.22 bits per heavy atom. The summed E-state index contributed by atoms with van der Waals surface area (Å²) < 4.78 is 0. The zero-order chi connectivity index (χ0) is 16.1. The molecule has 5 heteroatoms. The van der Waals surface area contributed by atoms with Crippen LogP contribution in [-0.2, 0) is 0 Å². The molecular weight excluding hydrogens is 288 g/mol. The van der Waals surface area contributed by atoms with Gasteiger partial charge in [0.2, 0.25) is 5.95 Å². The first kappa shape index (κ1) is 16.2. The van der Waals surface area contributed by atoms with E-state index >= 15 is 0 Å². The number of carbonyl (C=O) groups is 1. The van der Waals surface area contributed by atoms with Crippen LogP contribution in [0.4, 0.5) is 5.95 Å². The molecule has 1 saturated carbocycles. The van der Waals surface area contributed by atoms with Gasteiger partial charge in [0.25, 0.3) is 5.91 Å². The van der Waals surface area contributed by atoms with E-state index in [9.17, 15) is 4.79 Å². The minimum atomic E-state index is -0.0504. The molecule has 1 aromatic rings. The average Bonchev–Trinajstić information content (AvgIpc) is 2.62. The fourth-order valence-corrected chi connectivity index (χ4v) is 3.81. The van der Waals surface area contributed by atoms with E-state index in [1.807, 2.05) is 0 Å². The maximum atomic E-state index is 12.5. The average molecular weight is 316 g/mol. The van der Waals surface area contributed by atoms with E-state index < -0.39 is 0 Å². The molecule has 2 fully saturated rings. The summed E-state index contributed by atoms with van der Waals surface area (Å²) in [5.74, 6) is 0.665. The van der Waals surface area contributed by atoms with Crippen LogP contribution < -0.4 is 10.2 Å². The van der Waals surface area contributed by atoms with Crippen molar-refractivity contribution in [3.63, 3.8) is 0 Å². The number of nitrogens with zero attached hydrogens (tertiary/aromatic N) is 3. The molecule has 5 nitrogen and oxygen atoms in total. The van der Waals surface area contributed by atoms with Crippen molar-refractivity contribution in [3.8, 4) is 0 Å². The van der Waals surface area contributed by atoms with E-state index in [0.29, 0.717) is 23.7 Å². The summed E-state index contributed by atoms with van der Waals surface area (Å²) in [5, 5.41) is 3.14. The van der Waals surface area contributed by atoms with Crippen molar-refractivity contribution in [2.75, 3.05) is 11.4 Å². The fraction of sp³-hybridized carbons (Fsp3) is 0.722. The van der Waals surface area contributed by atoms with Crippen LogP contribution >= 0.6 is 0 Å². The number of hydrogen-bond acceptors (Lipinski definition) is 4. The second-order valence-corrected chi connectivity index (χ2v) is 6.80. The van der Waals surface area contributed by atoms with Crippen molar-refractivity contribution in [1.82, 2.24) is 15.3 Å². The van der Waals surface area contributed by atoms with Crippen LogP contribution in [0.25, 0.3) is 0 Å². The summed E-state index contributed by atoms with van der Waals surface area (Å²) in [6.45, 7) is 3.20. The molecular formula is C18H28N4O. The van der Waals surface area contributed by atoms with Crippen LogP contribution in [-0.4, -0.2) is 34.5 Å². The van der Waals surface area contributed by atoms with Gasteiger partial charge in [-0.1, -0.05) is 26.2 Å². The molecule has 1 unspecified atom stereocenters. The van der Waals surface area contributed by atoms with Crippen molar-refractivity contribution in [1.29, 1.82) is 0 Å². The highest BCUT2D eigenvalue weighted by Gasteiger charge is 2.24. The van der Waals surface area contributed by atoms with E-state index in [2.05, 4.69) is 27.1 Å². The van der Waals surface area contributed by atoms with Gasteiger partial charge >= 0.3 is 0 Å². The number of aromatic nitrogens is 2. The second-order valence-electron chi connectivity index (χ2n) is 6.80. The highest BCUT2D eigenvalue weighted by molar-refractivity contribution is 5.92. The zero-order valence-electron chi connectivity index (χ0n) is 14.1. The molecule has 1 amide bonds. The maximum absolute atomic E-state index is 12.5. The maximum Gasteiger partial charge on any atom is 0.270 e. The lowest BCUT2D eigenvalue weighted by Crippen LogP contribution is -2.41. The molecule has 2 aliphatic rings. The molecule has 0 aromatic carbocycles. The lowest BCUT2D eigenvalue weighted by atomic mass is 9.95. The first-order valence-electron chi connectivity index (χ1n) is 9.18. The van der Waals surface area contributed by atoms with Crippen LogP contribution in [0.1, 0.15) is 75.2 Å². The molecule has 0 bridgehead atoms. The Kier molecular flexibility index (Phi) is 5.47. The van der Waals surface area contributed by atoms with Gasteiger partial charge in [-0.25, -0.2) is 9.97 Å². The molecule has 1 atom stereocenters. The standard InChI is InChI=1S/C18H28N4O/c1-2-15-10-6-7-13-22(15)18-19-12-11-16(21-18)17(23)20-14-8-4-3-5-9-14/h11-12,14-15H,2-10,13H2,1H3,(H,20,23). The number of anilines is 1. The molecule has 0 spiro atoms. The second kappa shape index (κ2) is 7.75. The molecule has 1 aliphatic carbocycles. The van der Waals surface area contributed by atoms with Crippen LogP contribution in [0.5, 0.6) is 0 Å². The zero-order valence-corrected chi connectivity index (χ0v) is 14.1. The van der Waals surface area contributed by atoms with Crippen molar-refractivity contribution in [3.05, 3.63) is 18.0 Å². The van der Waals surface area contributed by atoms with Crippen molar-refractivity contribution >= 4 is 11.9 Å². The summed E-state index contributed by atoms with van der Waals surface area (Å²) >= 11 is 0. The van der Waals surface area contributed by atoms with Gasteiger partial charge < -0.3 is 10.2 Å². The summed E-state index contributed by atoms with van der Waals surface area (Å²) in [5.41, 5.74) is 0.501. The van der Waals surface area contributed by atoms with Crippen molar-refractivity contribution in [2.45, 2.75) is 76.8 Å². The third kappa shape index (κ3) is 4.01. The minimum Gasteiger partial charge on any atom is -0.348 e. The minimum absolute atomic E-state index is 0.0504. The van der Waals surface area contributed by atoms with Crippen LogP contribution in [0.15, 0.2) is 12.3 Å². The Labute approximate surface area is 138 Å². The van der Waals surface area contributed by atoms with Gasteiger partial charge in [0, 0.05) is 24.8 Å². The summed E-state index contributed by atoms with van der Waals surface area (Å²) in [6, 6.07) is 2.54. The Balaban J connectivity index is 1.69. The summed E-state index contributed by atoms with van der Waals surface area (Å²) in [4.78, 5) is 23.7. The normalized spacial score (nSPS) is 22.8. The molecule has 2 heterocycles. The molecule has 3 rings (SSSR count). The Hall–Kier alpha value is -1.65. The number of hydrogen-bond donors (Lipinski definition) is 1. The molecule has 23 heavy (non-hydrogen) atoms. The van der Waals surface area contributed by atoms with Crippen molar-refractivity contribution < 1.29 is 4.79 Å². The van der Waals surface area contributed by atoms with Gasteiger partial charge in [0.05, 0.1) is 0 Å². The molecule has 1 N–H and O–H groups in total. The Bertz CT molecular complexity index is 528. The molecule has 126 valence electrons. The van der Waals surface area contributed by atoms with E-state index in [1.54, 1.807) is 12.3 Å². The smallest absolute Gasteiger partial charge is 0.270 e. The van der Waals surface area contributed by atoms with Gasteiger partial charge in [-0.05, 0) is 44.6 Å². The van der Waals surface area contributed by atoms with Crippen LogP contribution in [0.3, 0.4) is 0 Å². The van der Waals surface area contributed by atoms with Gasteiger partial charge in [0.1, 0.15) is 5.69 Å². The third-order valence-corrected chi connectivity index (χ3v) is 5.17. The topological polar surface area (TPSA) is 58.1 Å². The monoisotopic (exact) mass is 316 g/mol. The molecule has 0 radical (unpaired) electrons. The van der Waals surface area contributed by atoms with E-state index in [-0.39, 0.29) is 5.91 Å². The van der Waals surface area contributed by atoms with Gasteiger partial charge in [-0.3, -0.25) is 4.79 Å². The molecule has 1 aliphatic heterocycles. The number of amides is 1. The van der Waals surface area contributed by atoms with E-state index in [0.717, 1.165) is 25.8 Å². The van der Waals surface area contributed by atoms with Gasteiger partial charge in [-0.2, -0.15) is 0 Å². The molecule has 1 saturated heterocycles. The Morgan fingerprint density at radius 3 is 2.78 bits per heavy atom. The first-order chi connectivity index (χ1) is 11.3. The van der Waals surface area contributed by atoms with Crippen LogP contribution in [0.2, 0.25) is 0 Å². The predicted octanol–water partition coefficient (Wildman–Crippen LogP) is 3.31. The number of carbonyl (C=O) groups excluding carboxylic acids is 1. The summed E-state index contributed by atoms with van der Waals surface area (Å²) in [7, 11) is 0. The van der Waals surface area contributed by atoms with Gasteiger partial charge in [0.15, 0.2) is 0 Å². The fourth-order valence-electron chi connectivity index (χ4n) is 3.81. The summed E-state index contributed by atoms with van der Waals surface area (Å²) in [6.07, 6.45) is 12.4. The molecule has 1 aromatic heterocycles. The Morgan fingerprint density at radius 2 is 2.00 bits per heavy atom. The van der Waals surface area contributed by atoms with Crippen LogP contribution in [0, 0.1) is 0 Å². The van der Waals surface area contributed by atoms with Crippen molar-refractivity contribution in [2.24, 2.45) is 0 Å². The first-order valence-corrected chi connectivity index (χ1v) is 9.18. The van der Waals surface area contributed by atoms with E-state index in [1.165, 1.54) is 38.5 Å². The quantitative estimate of drug-likeness (QED) is 0.926. The number of piperidine rings is 1. The third-order valence-electron chi connectivity index (χ3n) is 5.17. The highest BCUT2D eigenvalue weighted by Crippen LogP contribution is 2.24. The number of rotatable bonds is 4. The van der Waals surface area contributed by atoms with Gasteiger partial charge in [-0.15, -0.1) is 0 Å².